The molecule has 27 heavy (non-hydrogen) atoms. The van der Waals surface area contributed by atoms with E-state index in [9.17, 15) is 13.2 Å². The lowest BCUT2D eigenvalue weighted by Crippen LogP contribution is -2.45. The van der Waals surface area contributed by atoms with Crippen molar-refractivity contribution in [1.82, 2.24) is 4.90 Å². The Morgan fingerprint density at radius 3 is 2.78 bits per heavy atom. The molecule has 1 aliphatic heterocycles. The van der Waals surface area contributed by atoms with Gasteiger partial charge in [0.05, 0.1) is 0 Å². The second-order valence-corrected chi connectivity index (χ2v) is 9.49. The summed E-state index contributed by atoms with van der Waals surface area (Å²) in [5, 5.41) is 1.71. The maximum Gasteiger partial charge on any atom is 0.271 e. The molecule has 1 aromatic heterocycles. The molecule has 0 spiro atoms. The van der Waals surface area contributed by atoms with E-state index in [-0.39, 0.29) is 28.6 Å². The fraction of sp³-hybridized carbons (Fsp3) is 0.389. The van der Waals surface area contributed by atoms with Crippen LogP contribution in [-0.2, 0) is 10.0 Å². The number of nitrogens with two attached hydrogens (primary N) is 1. The summed E-state index contributed by atoms with van der Waals surface area (Å²) in [5.74, 6) is 0.209. The molecule has 2 atom stereocenters. The molecule has 9 heteroatoms. The SMILES string of the molecule is CC(N)C1CCCN(C(=O)c2cccc(NS(=O)(=O)c3cccs3)c2)C1.Cl. The van der Waals surface area contributed by atoms with Crippen molar-refractivity contribution in [2.24, 2.45) is 11.7 Å². The second kappa shape index (κ2) is 9.05. The zero-order valence-corrected chi connectivity index (χ0v) is 17.4. The number of carbonyl (C=O) groups is 1. The molecular formula is C18H24ClN3O3S2. The zero-order valence-electron chi connectivity index (χ0n) is 15.0. The van der Waals surface area contributed by atoms with Crippen molar-refractivity contribution in [3.63, 3.8) is 0 Å². The number of likely N-dealkylation sites (tertiary alicyclic amines) is 1. The molecule has 1 amide bonds. The van der Waals surface area contributed by atoms with Crippen LogP contribution < -0.4 is 10.5 Å². The van der Waals surface area contributed by atoms with Crippen molar-refractivity contribution < 1.29 is 13.2 Å². The quantitative estimate of drug-likeness (QED) is 0.763. The van der Waals surface area contributed by atoms with E-state index in [1.165, 1.54) is 0 Å². The molecule has 148 valence electrons. The van der Waals surface area contributed by atoms with Crippen LogP contribution in [0.2, 0.25) is 0 Å². The van der Waals surface area contributed by atoms with Gasteiger partial charge in [-0.15, -0.1) is 23.7 Å². The highest BCUT2D eigenvalue weighted by Gasteiger charge is 2.26. The van der Waals surface area contributed by atoms with Gasteiger partial charge in [0.1, 0.15) is 4.21 Å². The monoisotopic (exact) mass is 429 g/mol. The van der Waals surface area contributed by atoms with Crippen LogP contribution in [-0.4, -0.2) is 38.4 Å². The number of halogens is 1. The average Bonchev–Trinajstić information content (AvgIpc) is 3.17. The van der Waals surface area contributed by atoms with Gasteiger partial charge < -0.3 is 10.6 Å². The number of amides is 1. The Morgan fingerprint density at radius 2 is 2.11 bits per heavy atom. The van der Waals surface area contributed by atoms with Crippen molar-refractivity contribution in [2.75, 3.05) is 17.8 Å². The van der Waals surface area contributed by atoms with Gasteiger partial charge in [-0.1, -0.05) is 12.1 Å². The molecule has 2 unspecified atom stereocenters. The van der Waals surface area contributed by atoms with E-state index in [1.807, 2.05) is 11.8 Å². The maximum absolute atomic E-state index is 12.8. The number of rotatable bonds is 5. The number of piperidine rings is 1. The lowest BCUT2D eigenvalue weighted by atomic mass is 9.92. The van der Waals surface area contributed by atoms with Gasteiger partial charge in [-0.25, -0.2) is 8.42 Å². The normalized spacial score (nSPS) is 18.4. The summed E-state index contributed by atoms with van der Waals surface area (Å²) in [6.07, 6.45) is 1.96. The summed E-state index contributed by atoms with van der Waals surface area (Å²) < 4.78 is 27.5. The number of nitrogens with one attached hydrogen (secondary N) is 1. The summed E-state index contributed by atoms with van der Waals surface area (Å²) in [6, 6.07) is 9.91. The van der Waals surface area contributed by atoms with Gasteiger partial charge in [0.25, 0.3) is 15.9 Å². The third kappa shape index (κ3) is 5.22. The lowest BCUT2D eigenvalue weighted by Gasteiger charge is -2.34. The Balaban J connectivity index is 0.00000261. The molecule has 2 aromatic rings. The van der Waals surface area contributed by atoms with Gasteiger partial charge >= 0.3 is 0 Å². The van der Waals surface area contributed by atoms with Crippen LogP contribution >= 0.6 is 23.7 Å². The summed E-state index contributed by atoms with van der Waals surface area (Å²) in [5.41, 5.74) is 6.85. The fourth-order valence-corrected chi connectivity index (χ4v) is 5.19. The predicted molar refractivity (Wildman–Crippen MR) is 111 cm³/mol. The van der Waals surface area contributed by atoms with E-state index in [4.69, 9.17) is 5.73 Å². The fourth-order valence-electron chi connectivity index (χ4n) is 3.14. The van der Waals surface area contributed by atoms with E-state index in [0.29, 0.717) is 30.3 Å². The minimum absolute atomic E-state index is 0. The Morgan fingerprint density at radius 1 is 1.33 bits per heavy atom. The van der Waals surface area contributed by atoms with E-state index in [1.54, 1.807) is 41.8 Å². The molecule has 0 bridgehead atoms. The van der Waals surface area contributed by atoms with Gasteiger partial charge in [0, 0.05) is 30.4 Å². The number of sulfonamides is 1. The molecule has 1 aliphatic rings. The molecule has 1 fully saturated rings. The number of anilines is 1. The van der Waals surface area contributed by atoms with Crippen LogP contribution in [0.4, 0.5) is 5.69 Å². The lowest BCUT2D eigenvalue weighted by molar-refractivity contribution is 0.0661. The summed E-state index contributed by atoms with van der Waals surface area (Å²) in [7, 11) is -3.63. The Labute approximate surface area is 170 Å². The molecule has 0 saturated carbocycles. The van der Waals surface area contributed by atoms with Gasteiger partial charge in [0.2, 0.25) is 0 Å². The first-order valence-electron chi connectivity index (χ1n) is 8.58. The van der Waals surface area contributed by atoms with Crippen LogP contribution in [0.15, 0.2) is 46.0 Å². The molecule has 3 N–H and O–H groups in total. The number of benzene rings is 1. The highest BCUT2D eigenvalue weighted by atomic mass is 35.5. The van der Waals surface area contributed by atoms with E-state index >= 15 is 0 Å². The van der Waals surface area contributed by atoms with Crippen LogP contribution in [0, 0.1) is 5.92 Å². The van der Waals surface area contributed by atoms with Gasteiger partial charge in [-0.05, 0) is 55.3 Å². The molecule has 1 saturated heterocycles. The Bertz CT molecular complexity index is 870. The van der Waals surface area contributed by atoms with E-state index in [0.717, 1.165) is 24.2 Å². The van der Waals surface area contributed by atoms with E-state index in [2.05, 4.69) is 4.72 Å². The van der Waals surface area contributed by atoms with Crippen molar-refractivity contribution in [1.29, 1.82) is 0 Å². The van der Waals surface area contributed by atoms with Crippen molar-refractivity contribution in [3.05, 3.63) is 47.3 Å². The van der Waals surface area contributed by atoms with Crippen molar-refractivity contribution in [3.8, 4) is 0 Å². The van der Waals surface area contributed by atoms with Crippen molar-refractivity contribution in [2.45, 2.75) is 30.0 Å². The smallest absolute Gasteiger partial charge is 0.271 e. The summed E-state index contributed by atoms with van der Waals surface area (Å²) in [6.45, 7) is 3.31. The number of hydrogen-bond donors (Lipinski definition) is 2. The number of hydrogen-bond acceptors (Lipinski definition) is 5. The predicted octanol–water partition coefficient (Wildman–Crippen LogP) is 3.17. The Kier molecular flexibility index (Phi) is 7.27. The minimum Gasteiger partial charge on any atom is -0.338 e. The third-order valence-corrected chi connectivity index (χ3v) is 7.39. The van der Waals surface area contributed by atoms with E-state index < -0.39 is 10.0 Å². The van der Waals surface area contributed by atoms with Gasteiger partial charge in [-0.2, -0.15) is 0 Å². The first kappa shape index (κ1) is 21.7. The van der Waals surface area contributed by atoms with Crippen LogP contribution in [0.5, 0.6) is 0 Å². The number of carbonyl (C=O) groups excluding carboxylic acids is 1. The zero-order chi connectivity index (χ0) is 18.7. The number of thiophene rings is 1. The summed E-state index contributed by atoms with van der Waals surface area (Å²) >= 11 is 1.15. The highest BCUT2D eigenvalue weighted by molar-refractivity contribution is 7.94. The molecule has 0 radical (unpaired) electrons. The average molecular weight is 430 g/mol. The Hall–Kier alpha value is -1.61. The standard InChI is InChI=1S/C18H23N3O3S2.ClH/c1-13(19)15-6-3-9-21(12-15)18(22)14-5-2-7-16(11-14)20-26(23,24)17-8-4-10-25-17;/h2,4-5,7-8,10-11,13,15,20H,3,6,9,12,19H2,1H3;1H. The van der Waals surface area contributed by atoms with Gasteiger partial charge in [0.15, 0.2) is 0 Å². The molecule has 0 aliphatic carbocycles. The largest absolute Gasteiger partial charge is 0.338 e. The minimum atomic E-state index is -3.63. The van der Waals surface area contributed by atoms with Gasteiger partial charge in [-0.3, -0.25) is 9.52 Å². The third-order valence-electron chi connectivity index (χ3n) is 4.61. The number of nitrogens with zero attached hydrogens (tertiary/aromatic N) is 1. The van der Waals surface area contributed by atoms with Crippen LogP contribution in [0.25, 0.3) is 0 Å². The maximum atomic E-state index is 12.8. The molecule has 1 aromatic carbocycles. The molecule has 2 heterocycles. The van der Waals surface area contributed by atoms with Crippen LogP contribution in [0.1, 0.15) is 30.1 Å². The first-order chi connectivity index (χ1) is 12.4. The first-order valence-corrected chi connectivity index (χ1v) is 10.9. The van der Waals surface area contributed by atoms with Crippen molar-refractivity contribution >= 4 is 45.4 Å². The molecule has 6 nitrogen and oxygen atoms in total. The topological polar surface area (TPSA) is 92.5 Å². The molecular weight excluding hydrogens is 406 g/mol. The highest BCUT2D eigenvalue weighted by Crippen LogP contribution is 2.23. The summed E-state index contributed by atoms with van der Waals surface area (Å²) in [4.78, 5) is 14.6. The molecule has 3 rings (SSSR count). The second-order valence-electron chi connectivity index (χ2n) is 6.63. The van der Waals surface area contributed by atoms with Crippen LogP contribution in [0.3, 0.4) is 0 Å².